The molecule has 1 aliphatic carbocycles. The van der Waals surface area contributed by atoms with Crippen LogP contribution in [0.2, 0.25) is 0 Å². The predicted octanol–water partition coefficient (Wildman–Crippen LogP) is 2.34. The zero-order valence-corrected chi connectivity index (χ0v) is 8.92. The standard InChI is InChI=1S/C13H12O3/c1-15-11-6-8-12(9-7-11)16-13(14)10-4-2-3-5-10/h2-10H,1H3. The van der Waals surface area contributed by atoms with E-state index in [2.05, 4.69) is 0 Å². The third kappa shape index (κ3) is 2.31. The number of methoxy groups -OCH3 is 1. The molecule has 0 saturated heterocycles. The van der Waals surface area contributed by atoms with E-state index in [9.17, 15) is 4.79 Å². The second-order valence-electron chi connectivity index (χ2n) is 3.39. The van der Waals surface area contributed by atoms with Crippen molar-refractivity contribution in [3.8, 4) is 11.5 Å². The van der Waals surface area contributed by atoms with Gasteiger partial charge in [0.25, 0.3) is 0 Å². The van der Waals surface area contributed by atoms with Crippen LogP contribution in [0, 0.1) is 5.92 Å². The van der Waals surface area contributed by atoms with Crippen molar-refractivity contribution >= 4 is 5.97 Å². The Morgan fingerprint density at radius 3 is 2.19 bits per heavy atom. The summed E-state index contributed by atoms with van der Waals surface area (Å²) in [7, 11) is 1.59. The lowest BCUT2D eigenvalue weighted by molar-refractivity contribution is -0.135. The number of ether oxygens (including phenoxy) is 2. The second-order valence-corrected chi connectivity index (χ2v) is 3.39. The van der Waals surface area contributed by atoms with Gasteiger partial charge in [0.1, 0.15) is 11.5 Å². The Bertz CT molecular complexity index is 417. The monoisotopic (exact) mass is 216 g/mol. The molecule has 1 aromatic carbocycles. The predicted molar refractivity (Wildman–Crippen MR) is 60.4 cm³/mol. The Kier molecular flexibility index (Phi) is 3.05. The molecule has 0 atom stereocenters. The molecule has 0 saturated carbocycles. The average Bonchev–Trinajstić information content (AvgIpc) is 2.83. The summed E-state index contributed by atoms with van der Waals surface area (Å²) in [5, 5.41) is 0. The number of carbonyl (C=O) groups is 1. The number of hydrogen-bond acceptors (Lipinski definition) is 3. The fourth-order valence-corrected chi connectivity index (χ4v) is 1.42. The van der Waals surface area contributed by atoms with Gasteiger partial charge in [-0.15, -0.1) is 0 Å². The molecule has 0 spiro atoms. The number of esters is 1. The number of hydrogen-bond donors (Lipinski definition) is 0. The first-order chi connectivity index (χ1) is 7.79. The highest BCUT2D eigenvalue weighted by Crippen LogP contribution is 2.19. The van der Waals surface area contributed by atoms with Crippen LogP contribution in [-0.2, 0) is 4.79 Å². The van der Waals surface area contributed by atoms with Crippen LogP contribution in [0.5, 0.6) is 11.5 Å². The van der Waals surface area contributed by atoms with E-state index in [0.717, 1.165) is 5.75 Å². The van der Waals surface area contributed by atoms with Crippen LogP contribution in [0.1, 0.15) is 0 Å². The molecule has 0 amide bonds. The minimum atomic E-state index is -0.268. The molecule has 3 heteroatoms. The van der Waals surface area contributed by atoms with Crippen LogP contribution < -0.4 is 9.47 Å². The molecule has 0 N–H and O–H groups in total. The van der Waals surface area contributed by atoms with Crippen LogP contribution in [0.25, 0.3) is 0 Å². The summed E-state index contributed by atoms with van der Waals surface area (Å²) in [4.78, 5) is 11.6. The van der Waals surface area contributed by atoms with E-state index in [0.29, 0.717) is 5.75 Å². The van der Waals surface area contributed by atoms with E-state index in [4.69, 9.17) is 9.47 Å². The van der Waals surface area contributed by atoms with Crippen molar-refractivity contribution in [1.82, 2.24) is 0 Å². The summed E-state index contributed by atoms with van der Waals surface area (Å²) in [6.07, 6.45) is 7.26. The van der Waals surface area contributed by atoms with Crippen LogP contribution >= 0.6 is 0 Å². The van der Waals surface area contributed by atoms with Gasteiger partial charge in [0.2, 0.25) is 0 Å². The molecular formula is C13H12O3. The maximum absolute atomic E-state index is 11.6. The molecule has 16 heavy (non-hydrogen) atoms. The van der Waals surface area contributed by atoms with Gasteiger partial charge in [-0.05, 0) is 24.3 Å². The van der Waals surface area contributed by atoms with Gasteiger partial charge in [0.05, 0.1) is 13.0 Å². The van der Waals surface area contributed by atoms with Crippen molar-refractivity contribution in [2.45, 2.75) is 0 Å². The molecule has 0 fully saturated rings. The topological polar surface area (TPSA) is 35.5 Å². The highest BCUT2D eigenvalue weighted by atomic mass is 16.5. The third-order valence-electron chi connectivity index (χ3n) is 2.30. The van der Waals surface area contributed by atoms with E-state index < -0.39 is 0 Å². The molecule has 82 valence electrons. The molecule has 0 heterocycles. The number of benzene rings is 1. The Balaban J connectivity index is 2.00. The highest BCUT2D eigenvalue weighted by molar-refractivity contribution is 5.79. The molecule has 0 aliphatic heterocycles. The lowest BCUT2D eigenvalue weighted by Crippen LogP contribution is -2.15. The Morgan fingerprint density at radius 1 is 1.06 bits per heavy atom. The third-order valence-corrected chi connectivity index (χ3v) is 2.30. The zero-order chi connectivity index (χ0) is 11.4. The lowest BCUT2D eigenvalue weighted by Gasteiger charge is -2.07. The van der Waals surface area contributed by atoms with Crippen molar-refractivity contribution in [3.05, 3.63) is 48.6 Å². The largest absolute Gasteiger partial charge is 0.497 e. The summed E-state index contributed by atoms with van der Waals surface area (Å²) < 4.78 is 10.2. The van der Waals surface area contributed by atoms with Crippen molar-refractivity contribution < 1.29 is 14.3 Å². The van der Waals surface area contributed by atoms with Gasteiger partial charge in [-0.3, -0.25) is 4.79 Å². The molecule has 1 aromatic rings. The number of carbonyl (C=O) groups excluding carboxylic acids is 1. The van der Waals surface area contributed by atoms with Crippen molar-refractivity contribution in [2.24, 2.45) is 5.92 Å². The van der Waals surface area contributed by atoms with Crippen LogP contribution in [-0.4, -0.2) is 13.1 Å². The van der Waals surface area contributed by atoms with Gasteiger partial charge < -0.3 is 9.47 Å². The van der Waals surface area contributed by atoms with Crippen LogP contribution in [0.3, 0.4) is 0 Å². The normalized spacial score (nSPS) is 14.1. The van der Waals surface area contributed by atoms with Crippen molar-refractivity contribution in [1.29, 1.82) is 0 Å². The zero-order valence-electron chi connectivity index (χ0n) is 8.92. The molecule has 0 aromatic heterocycles. The maximum atomic E-state index is 11.6. The van der Waals surface area contributed by atoms with Gasteiger partial charge in [0, 0.05) is 0 Å². The Morgan fingerprint density at radius 2 is 1.62 bits per heavy atom. The van der Waals surface area contributed by atoms with E-state index >= 15 is 0 Å². The van der Waals surface area contributed by atoms with Gasteiger partial charge in [0.15, 0.2) is 0 Å². The summed E-state index contributed by atoms with van der Waals surface area (Å²) in [6.45, 7) is 0. The van der Waals surface area contributed by atoms with Crippen molar-refractivity contribution in [3.63, 3.8) is 0 Å². The molecule has 1 aliphatic rings. The van der Waals surface area contributed by atoms with Crippen molar-refractivity contribution in [2.75, 3.05) is 7.11 Å². The fourth-order valence-electron chi connectivity index (χ4n) is 1.42. The van der Waals surface area contributed by atoms with Gasteiger partial charge in [-0.1, -0.05) is 24.3 Å². The fraction of sp³-hybridized carbons (Fsp3) is 0.154. The van der Waals surface area contributed by atoms with Gasteiger partial charge >= 0.3 is 5.97 Å². The maximum Gasteiger partial charge on any atom is 0.322 e. The van der Waals surface area contributed by atoms with Gasteiger partial charge in [-0.25, -0.2) is 0 Å². The first kappa shape index (κ1) is 10.5. The minimum absolute atomic E-state index is 0.262. The Labute approximate surface area is 94.0 Å². The SMILES string of the molecule is COc1ccc(OC(=O)C2C=CC=C2)cc1. The lowest BCUT2D eigenvalue weighted by atomic mass is 10.2. The average molecular weight is 216 g/mol. The summed E-state index contributed by atoms with van der Waals surface area (Å²) in [5.74, 6) is 0.734. The molecule has 0 bridgehead atoms. The number of allylic oxidation sites excluding steroid dienone is 2. The summed E-state index contributed by atoms with van der Waals surface area (Å²) >= 11 is 0. The molecule has 0 unspecified atom stereocenters. The summed E-state index contributed by atoms with van der Waals surface area (Å²) in [6, 6.07) is 6.92. The molecule has 3 nitrogen and oxygen atoms in total. The molecule has 2 rings (SSSR count). The van der Waals surface area contributed by atoms with Crippen LogP contribution in [0.15, 0.2) is 48.6 Å². The quantitative estimate of drug-likeness (QED) is 0.574. The molecule has 0 radical (unpaired) electrons. The van der Waals surface area contributed by atoms with E-state index in [1.807, 2.05) is 12.2 Å². The number of rotatable bonds is 3. The Hall–Kier alpha value is -2.03. The van der Waals surface area contributed by atoms with E-state index in [-0.39, 0.29) is 11.9 Å². The van der Waals surface area contributed by atoms with Crippen LogP contribution in [0.4, 0.5) is 0 Å². The summed E-state index contributed by atoms with van der Waals surface area (Å²) in [5.41, 5.74) is 0. The minimum Gasteiger partial charge on any atom is -0.497 e. The first-order valence-electron chi connectivity index (χ1n) is 5.00. The smallest absolute Gasteiger partial charge is 0.322 e. The van der Waals surface area contributed by atoms with E-state index in [1.165, 1.54) is 0 Å². The van der Waals surface area contributed by atoms with E-state index in [1.54, 1.807) is 43.5 Å². The first-order valence-corrected chi connectivity index (χ1v) is 5.00. The molecular weight excluding hydrogens is 204 g/mol. The highest BCUT2D eigenvalue weighted by Gasteiger charge is 2.16. The van der Waals surface area contributed by atoms with Gasteiger partial charge in [-0.2, -0.15) is 0 Å². The second kappa shape index (κ2) is 4.66.